The fraction of sp³-hybridized carbons (Fsp3) is 0.900. The van der Waals surface area contributed by atoms with Gasteiger partial charge in [0.2, 0.25) is 12.3 Å². The normalized spacial score (nSPS) is 16.2. The molecule has 0 aromatic rings. The molecule has 0 saturated heterocycles. The van der Waals surface area contributed by atoms with E-state index in [1.807, 2.05) is 0 Å². The molecule has 114 valence electrons. The molecular formula is C10H13F7OS. The summed E-state index contributed by atoms with van der Waals surface area (Å²) >= 11 is 0.732. The van der Waals surface area contributed by atoms with Gasteiger partial charge in [0.25, 0.3) is 5.92 Å². The molecule has 0 fully saturated rings. The number of thioether (sulfide) groups is 1. The fourth-order valence-corrected chi connectivity index (χ4v) is 1.83. The molecule has 0 aromatic heterocycles. The van der Waals surface area contributed by atoms with Gasteiger partial charge in [-0.15, -0.1) is 0 Å². The van der Waals surface area contributed by atoms with Gasteiger partial charge in [0.1, 0.15) is 0 Å². The van der Waals surface area contributed by atoms with Crippen LogP contribution < -0.4 is 0 Å². The highest BCUT2D eigenvalue weighted by atomic mass is 32.2. The zero-order valence-corrected chi connectivity index (χ0v) is 10.8. The molecule has 19 heavy (non-hydrogen) atoms. The summed E-state index contributed by atoms with van der Waals surface area (Å²) in [4.78, 5) is 10.8. The minimum absolute atomic E-state index is 0.0715. The minimum Gasteiger partial charge on any atom is -0.287 e. The SMILES string of the molecule is CCC(=O)SCCCC(F)(F)C(F)C(F)C(F)(F)F. The second kappa shape index (κ2) is 7.35. The Labute approximate surface area is 109 Å². The Morgan fingerprint density at radius 1 is 1.11 bits per heavy atom. The lowest BCUT2D eigenvalue weighted by Gasteiger charge is -2.24. The van der Waals surface area contributed by atoms with E-state index in [4.69, 9.17) is 0 Å². The van der Waals surface area contributed by atoms with Crippen molar-refractivity contribution in [1.29, 1.82) is 0 Å². The van der Waals surface area contributed by atoms with Crippen LogP contribution in [0.2, 0.25) is 0 Å². The monoisotopic (exact) mass is 314 g/mol. The van der Waals surface area contributed by atoms with Gasteiger partial charge in [-0.2, -0.15) is 13.2 Å². The van der Waals surface area contributed by atoms with Crippen LogP contribution in [-0.4, -0.2) is 35.3 Å². The number of alkyl halides is 7. The van der Waals surface area contributed by atoms with Crippen LogP contribution in [0, 0.1) is 0 Å². The van der Waals surface area contributed by atoms with Crippen LogP contribution in [0.1, 0.15) is 26.2 Å². The molecule has 0 aliphatic rings. The molecule has 0 heterocycles. The average molecular weight is 314 g/mol. The maximum atomic E-state index is 13.0. The topological polar surface area (TPSA) is 17.1 Å². The molecule has 0 N–H and O–H groups in total. The van der Waals surface area contributed by atoms with Crippen molar-refractivity contribution in [2.75, 3.05) is 5.75 Å². The first-order chi connectivity index (χ1) is 8.52. The van der Waals surface area contributed by atoms with Crippen LogP contribution >= 0.6 is 11.8 Å². The molecule has 0 aliphatic heterocycles. The molecule has 0 aromatic carbocycles. The Morgan fingerprint density at radius 3 is 2.05 bits per heavy atom. The van der Waals surface area contributed by atoms with Crippen molar-refractivity contribution >= 4 is 16.9 Å². The standard InChI is InChI=1S/C10H13F7OS/c1-2-6(18)19-5-3-4-9(13,14)7(11)8(12)10(15,16)17/h7-8H,2-5H2,1H3. The smallest absolute Gasteiger partial charge is 0.287 e. The molecule has 2 unspecified atom stereocenters. The fourth-order valence-electron chi connectivity index (χ4n) is 1.11. The molecule has 0 rings (SSSR count). The van der Waals surface area contributed by atoms with Gasteiger partial charge in [-0.05, 0) is 6.42 Å². The zero-order chi connectivity index (χ0) is 15.3. The lowest BCUT2D eigenvalue weighted by molar-refractivity contribution is -0.227. The first kappa shape index (κ1) is 18.5. The van der Waals surface area contributed by atoms with Crippen LogP contribution in [0.15, 0.2) is 0 Å². The highest BCUT2D eigenvalue weighted by molar-refractivity contribution is 8.13. The molecule has 0 bridgehead atoms. The second-order valence-corrected chi connectivity index (χ2v) is 4.94. The summed E-state index contributed by atoms with van der Waals surface area (Å²) in [7, 11) is 0. The summed E-state index contributed by atoms with van der Waals surface area (Å²) in [5.41, 5.74) is 0. The van der Waals surface area contributed by atoms with Gasteiger partial charge in [-0.1, -0.05) is 18.7 Å². The van der Waals surface area contributed by atoms with Crippen molar-refractivity contribution in [2.45, 2.75) is 50.6 Å². The molecule has 0 amide bonds. The number of hydrogen-bond donors (Lipinski definition) is 0. The summed E-state index contributed by atoms with van der Waals surface area (Å²) < 4.78 is 86.6. The summed E-state index contributed by atoms with van der Waals surface area (Å²) in [5, 5.41) is -0.265. The van der Waals surface area contributed by atoms with E-state index in [1.54, 1.807) is 6.92 Å². The van der Waals surface area contributed by atoms with E-state index in [2.05, 4.69) is 0 Å². The summed E-state index contributed by atoms with van der Waals surface area (Å²) in [6, 6.07) is 0. The van der Waals surface area contributed by atoms with Crippen LogP contribution in [-0.2, 0) is 4.79 Å². The van der Waals surface area contributed by atoms with Gasteiger partial charge >= 0.3 is 6.18 Å². The highest BCUT2D eigenvalue weighted by Gasteiger charge is 2.55. The van der Waals surface area contributed by atoms with E-state index in [-0.39, 0.29) is 23.7 Å². The summed E-state index contributed by atoms with van der Waals surface area (Å²) in [5.74, 6) is -4.48. The Morgan fingerprint density at radius 2 is 1.63 bits per heavy atom. The van der Waals surface area contributed by atoms with Crippen molar-refractivity contribution in [1.82, 2.24) is 0 Å². The van der Waals surface area contributed by atoms with E-state index in [1.165, 1.54) is 0 Å². The molecule has 9 heteroatoms. The van der Waals surface area contributed by atoms with E-state index in [0.29, 0.717) is 0 Å². The third-order valence-electron chi connectivity index (χ3n) is 2.18. The number of carbonyl (C=O) groups excluding carboxylic acids is 1. The van der Waals surface area contributed by atoms with Gasteiger partial charge in [-0.3, -0.25) is 4.79 Å². The third kappa shape index (κ3) is 6.49. The van der Waals surface area contributed by atoms with Crippen LogP contribution in [0.4, 0.5) is 30.7 Å². The Kier molecular flexibility index (Phi) is 7.17. The molecule has 1 nitrogen and oxygen atoms in total. The van der Waals surface area contributed by atoms with Crippen molar-refractivity contribution in [3.63, 3.8) is 0 Å². The molecule has 0 spiro atoms. The highest BCUT2D eigenvalue weighted by Crippen LogP contribution is 2.37. The maximum Gasteiger partial charge on any atom is 0.422 e. The first-order valence-electron chi connectivity index (χ1n) is 5.40. The number of carbonyl (C=O) groups is 1. The number of rotatable bonds is 7. The number of halogens is 7. The van der Waals surface area contributed by atoms with E-state index >= 15 is 0 Å². The molecule has 0 saturated carbocycles. The predicted molar refractivity (Wildman–Crippen MR) is 57.8 cm³/mol. The van der Waals surface area contributed by atoms with Crippen molar-refractivity contribution < 1.29 is 35.5 Å². The zero-order valence-electron chi connectivity index (χ0n) is 9.95. The Hall–Kier alpha value is -0.470. The lowest BCUT2D eigenvalue weighted by atomic mass is 10.0. The Balaban J connectivity index is 4.27. The van der Waals surface area contributed by atoms with Crippen LogP contribution in [0.25, 0.3) is 0 Å². The summed E-state index contributed by atoms with van der Waals surface area (Å²) in [6.45, 7) is 1.55. The molecular weight excluding hydrogens is 301 g/mol. The van der Waals surface area contributed by atoms with E-state index in [9.17, 15) is 35.5 Å². The van der Waals surface area contributed by atoms with Gasteiger partial charge in [0.05, 0.1) is 0 Å². The average Bonchev–Trinajstić information content (AvgIpc) is 2.31. The second-order valence-electron chi connectivity index (χ2n) is 3.78. The lowest BCUT2D eigenvalue weighted by Crippen LogP contribution is -2.44. The number of hydrogen-bond acceptors (Lipinski definition) is 2. The van der Waals surface area contributed by atoms with Gasteiger partial charge < -0.3 is 0 Å². The summed E-state index contributed by atoms with van der Waals surface area (Å²) in [6.07, 6.45) is -15.2. The Bertz CT molecular complexity index is 292. The van der Waals surface area contributed by atoms with Gasteiger partial charge in [0.15, 0.2) is 5.12 Å². The van der Waals surface area contributed by atoms with Gasteiger partial charge in [0, 0.05) is 18.6 Å². The van der Waals surface area contributed by atoms with Gasteiger partial charge in [-0.25, -0.2) is 17.6 Å². The van der Waals surface area contributed by atoms with E-state index < -0.39 is 30.9 Å². The largest absolute Gasteiger partial charge is 0.422 e. The van der Waals surface area contributed by atoms with Crippen molar-refractivity contribution in [2.24, 2.45) is 0 Å². The molecule has 2 atom stereocenters. The predicted octanol–water partition coefficient (Wildman–Crippen LogP) is 4.31. The molecule has 0 radical (unpaired) electrons. The van der Waals surface area contributed by atoms with E-state index in [0.717, 1.165) is 11.8 Å². The third-order valence-corrected chi connectivity index (χ3v) is 3.28. The van der Waals surface area contributed by atoms with Crippen LogP contribution in [0.3, 0.4) is 0 Å². The minimum atomic E-state index is -5.66. The quantitative estimate of drug-likeness (QED) is 0.514. The first-order valence-corrected chi connectivity index (χ1v) is 6.39. The molecule has 0 aliphatic carbocycles. The van der Waals surface area contributed by atoms with Crippen LogP contribution in [0.5, 0.6) is 0 Å². The maximum absolute atomic E-state index is 13.0. The van der Waals surface area contributed by atoms with Crippen molar-refractivity contribution in [3.8, 4) is 0 Å². The van der Waals surface area contributed by atoms with Crippen molar-refractivity contribution in [3.05, 3.63) is 0 Å².